The van der Waals surface area contributed by atoms with Crippen LogP contribution in [-0.4, -0.2) is 38.2 Å². The Morgan fingerprint density at radius 1 is 1.10 bits per heavy atom. The molecule has 0 saturated carbocycles. The van der Waals surface area contributed by atoms with Crippen molar-refractivity contribution >= 4 is 11.6 Å². The summed E-state index contributed by atoms with van der Waals surface area (Å²) in [6.07, 6.45) is -1.56. The number of carbonyl (C=O) groups excluding carboxylic acids is 1. The summed E-state index contributed by atoms with van der Waals surface area (Å²) in [6, 6.07) is 13.8. The molecule has 0 radical (unpaired) electrons. The van der Waals surface area contributed by atoms with E-state index >= 15 is 0 Å². The second kappa shape index (κ2) is 8.76. The predicted octanol–water partition coefficient (Wildman–Crippen LogP) is 3.91. The van der Waals surface area contributed by atoms with Gasteiger partial charge in [0.1, 0.15) is 6.54 Å². The van der Waals surface area contributed by atoms with Crippen molar-refractivity contribution < 1.29 is 22.9 Å². The summed E-state index contributed by atoms with van der Waals surface area (Å²) >= 11 is 0. The van der Waals surface area contributed by atoms with E-state index in [9.17, 15) is 28.1 Å². The summed E-state index contributed by atoms with van der Waals surface area (Å²) in [7, 11) is 0. The number of hydrogen-bond acceptors (Lipinski definition) is 4. The topological polar surface area (TPSA) is 81.3 Å². The van der Waals surface area contributed by atoms with Gasteiger partial charge >= 0.3 is 6.18 Å². The van der Waals surface area contributed by atoms with E-state index in [1.165, 1.54) is 24.3 Å². The van der Waals surface area contributed by atoms with Gasteiger partial charge < -0.3 is 4.90 Å². The number of hydrogen-bond donors (Lipinski definition) is 0. The number of aromatic nitrogens is 2. The Morgan fingerprint density at radius 2 is 1.80 bits per heavy atom. The number of nitrogens with zero attached hydrogens (tertiary/aromatic N) is 4. The molecule has 0 aliphatic heterocycles. The smallest absolute Gasteiger partial charge is 0.329 e. The zero-order valence-corrected chi connectivity index (χ0v) is 15.6. The van der Waals surface area contributed by atoms with Gasteiger partial charge in [0.25, 0.3) is 5.69 Å². The van der Waals surface area contributed by atoms with Gasteiger partial charge in [0, 0.05) is 24.0 Å². The van der Waals surface area contributed by atoms with Gasteiger partial charge in [-0.1, -0.05) is 30.3 Å². The molecule has 1 heterocycles. The van der Waals surface area contributed by atoms with Crippen LogP contribution in [0.15, 0.2) is 67.0 Å². The number of para-hydroxylation sites is 1. The molecule has 0 atom stereocenters. The maximum atomic E-state index is 13.0. The fourth-order valence-corrected chi connectivity index (χ4v) is 2.95. The Balaban J connectivity index is 1.78. The quantitative estimate of drug-likeness (QED) is 0.430. The highest BCUT2D eigenvalue weighted by atomic mass is 19.4. The first-order valence-electron chi connectivity index (χ1n) is 8.89. The number of halogens is 3. The third-order valence-electron chi connectivity index (χ3n) is 4.33. The molecular weight excluding hydrogens is 401 g/mol. The SMILES string of the molecule is O=C(Cc1ccc(-n2cccn2)cc1)N(Cc1ccccc1[N+](=O)[O-])CC(F)(F)F. The lowest BCUT2D eigenvalue weighted by atomic mass is 10.1. The lowest BCUT2D eigenvalue weighted by Gasteiger charge is -2.24. The van der Waals surface area contributed by atoms with Crippen molar-refractivity contribution in [2.24, 2.45) is 0 Å². The molecule has 7 nitrogen and oxygen atoms in total. The fourth-order valence-electron chi connectivity index (χ4n) is 2.95. The Kier molecular flexibility index (Phi) is 6.14. The molecule has 0 fully saturated rings. The van der Waals surface area contributed by atoms with Gasteiger partial charge in [-0.05, 0) is 23.8 Å². The average molecular weight is 418 g/mol. The Morgan fingerprint density at radius 3 is 2.40 bits per heavy atom. The first kappa shape index (κ1) is 21.0. The van der Waals surface area contributed by atoms with Crippen LogP contribution in [0, 0.1) is 10.1 Å². The summed E-state index contributed by atoms with van der Waals surface area (Å²) in [5, 5.41) is 15.2. The third-order valence-corrected chi connectivity index (χ3v) is 4.33. The number of benzene rings is 2. The van der Waals surface area contributed by atoms with Crippen LogP contribution in [0.4, 0.5) is 18.9 Å². The maximum absolute atomic E-state index is 13.0. The van der Waals surface area contributed by atoms with E-state index in [-0.39, 0.29) is 17.7 Å². The van der Waals surface area contributed by atoms with Crippen molar-refractivity contribution in [1.29, 1.82) is 0 Å². The highest BCUT2D eigenvalue weighted by Gasteiger charge is 2.33. The molecule has 1 amide bonds. The van der Waals surface area contributed by atoms with Crippen molar-refractivity contribution in [2.75, 3.05) is 6.54 Å². The Hall–Kier alpha value is -3.69. The minimum atomic E-state index is -4.64. The van der Waals surface area contributed by atoms with Crippen LogP contribution >= 0.6 is 0 Å². The first-order valence-corrected chi connectivity index (χ1v) is 8.89. The minimum absolute atomic E-state index is 0.0362. The van der Waals surface area contributed by atoms with Gasteiger partial charge in [0.15, 0.2) is 0 Å². The zero-order valence-electron chi connectivity index (χ0n) is 15.6. The van der Waals surface area contributed by atoms with Crippen molar-refractivity contribution in [3.05, 3.63) is 88.2 Å². The molecule has 2 aromatic carbocycles. The van der Waals surface area contributed by atoms with E-state index in [4.69, 9.17) is 0 Å². The number of nitro benzene ring substituents is 1. The van der Waals surface area contributed by atoms with Crippen molar-refractivity contribution in [3.8, 4) is 5.69 Å². The summed E-state index contributed by atoms with van der Waals surface area (Å²) in [5.74, 6) is -0.780. The van der Waals surface area contributed by atoms with E-state index < -0.39 is 30.1 Å². The van der Waals surface area contributed by atoms with Crippen LogP contribution in [0.5, 0.6) is 0 Å². The number of nitro groups is 1. The van der Waals surface area contributed by atoms with Gasteiger partial charge in [-0.3, -0.25) is 14.9 Å². The fraction of sp³-hybridized carbons (Fsp3) is 0.200. The Labute approximate surface area is 169 Å². The molecule has 3 aromatic rings. The molecule has 3 rings (SSSR count). The summed E-state index contributed by atoms with van der Waals surface area (Å²) in [5.41, 5.74) is 0.962. The summed E-state index contributed by atoms with van der Waals surface area (Å²) < 4.78 is 40.7. The van der Waals surface area contributed by atoms with Crippen molar-refractivity contribution in [1.82, 2.24) is 14.7 Å². The molecule has 1 aromatic heterocycles. The number of alkyl halides is 3. The highest BCUT2D eigenvalue weighted by molar-refractivity contribution is 5.79. The van der Waals surface area contributed by atoms with Gasteiger partial charge in [-0.2, -0.15) is 18.3 Å². The molecule has 0 spiro atoms. The average Bonchev–Trinajstić information content (AvgIpc) is 3.22. The molecule has 0 aliphatic rings. The van der Waals surface area contributed by atoms with Crippen LogP contribution in [0.25, 0.3) is 5.69 Å². The van der Waals surface area contributed by atoms with Crippen LogP contribution in [0.3, 0.4) is 0 Å². The normalized spacial score (nSPS) is 11.3. The molecule has 30 heavy (non-hydrogen) atoms. The third kappa shape index (κ3) is 5.43. The summed E-state index contributed by atoms with van der Waals surface area (Å²) in [4.78, 5) is 23.7. The monoisotopic (exact) mass is 418 g/mol. The highest BCUT2D eigenvalue weighted by Crippen LogP contribution is 2.23. The second-order valence-corrected chi connectivity index (χ2v) is 6.54. The van der Waals surface area contributed by atoms with Gasteiger partial charge in [0.05, 0.1) is 23.6 Å². The molecule has 0 bridgehead atoms. The Bertz CT molecular complexity index is 1020. The lowest BCUT2D eigenvalue weighted by molar-refractivity contribution is -0.385. The van der Waals surface area contributed by atoms with Crippen molar-refractivity contribution in [3.63, 3.8) is 0 Å². The lowest BCUT2D eigenvalue weighted by Crippen LogP contribution is -2.39. The molecule has 0 N–H and O–H groups in total. The maximum Gasteiger partial charge on any atom is 0.406 e. The number of carbonyl (C=O) groups is 1. The molecular formula is C20H17F3N4O3. The van der Waals surface area contributed by atoms with E-state index in [0.717, 1.165) is 5.69 Å². The van der Waals surface area contributed by atoms with Crippen LogP contribution in [-0.2, 0) is 17.8 Å². The second-order valence-electron chi connectivity index (χ2n) is 6.54. The number of amides is 1. The van der Waals surface area contributed by atoms with Crippen LogP contribution in [0.1, 0.15) is 11.1 Å². The van der Waals surface area contributed by atoms with Crippen molar-refractivity contribution in [2.45, 2.75) is 19.1 Å². The largest absolute Gasteiger partial charge is 0.406 e. The van der Waals surface area contributed by atoms with Gasteiger partial charge in [-0.15, -0.1) is 0 Å². The van der Waals surface area contributed by atoms with E-state index in [1.54, 1.807) is 47.4 Å². The molecule has 0 unspecified atom stereocenters. The van der Waals surface area contributed by atoms with Gasteiger partial charge in [0.2, 0.25) is 5.91 Å². The van der Waals surface area contributed by atoms with Crippen LogP contribution < -0.4 is 0 Å². The minimum Gasteiger partial charge on any atom is -0.329 e. The molecule has 0 aliphatic carbocycles. The number of rotatable bonds is 7. The summed E-state index contributed by atoms with van der Waals surface area (Å²) in [6.45, 7) is -2.01. The van der Waals surface area contributed by atoms with E-state index in [0.29, 0.717) is 10.5 Å². The first-order chi connectivity index (χ1) is 14.2. The van der Waals surface area contributed by atoms with E-state index in [1.807, 2.05) is 0 Å². The molecule has 10 heteroatoms. The molecule has 0 saturated heterocycles. The van der Waals surface area contributed by atoms with E-state index in [2.05, 4.69) is 5.10 Å². The van der Waals surface area contributed by atoms with Crippen LogP contribution in [0.2, 0.25) is 0 Å². The molecule has 156 valence electrons. The zero-order chi connectivity index (χ0) is 21.7. The predicted molar refractivity (Wildman–Crippen MR) is 102 cm³/mol. The van der Waals surface area contributed by atoms with Gasteiger partial charge in [-0.25, -0.2) is 4.68 Å². The standard InChI is InChI=1S/C20H17F3N4O3/c21-20(22,23)14-25(13-16-4-1-2-5-18(16)27(29)30)19(28)12-15-6-8-17(9-7-15)26-11-3-10-24-26/h1-11H,12-14H2.